The number of halogens is 7. The molecule has 1 N–H and O–H groups in total. The van der Waals surface area contributed by atoms with Crippen LogP contribution in [0.4, 0.5) is 36.6 Å². The Balaban J connectivity index is 1.31. The molecule has 3 aromatic carbocycles. The van der Waals surface area contributed by atoms with Gasteiger partial charge in [0.2, 0.25) is 5.91 Å². The van der Waals surface area contributed by atoms with Crippen molar-refractivity contribution in [3.8, 4) is 35.2 Å². The lowest BCUT2D eigenvalue weighted by atomic mass is 9.91. The quantitative estimate of drug-likeness (QED) is 0.129. The minimum absolute atomic E-state index is 0.0123. The molecule has 8 rings (SSSR count). The van der Waals surface area contributed by atoms with Crippen LogP contribution in [0, 0.1) is 29.4 Å². The highest BCUT2D eigenvalue weighted by molar-refractivity contribution is 6.18. The van der Waals surface area contributed by atoms with Gasteiger partial charge in [0.05, 0.1) is 22.8 Å². The van der Waals surface area contributed by atoms with Gasteiger partial charge < -0.3 is 24.5 Å². The zero-order valence-electron chi connectivity index (χ0n) is 30.5. The molecule has 3 aliphatic rings. The maximum Gasteiger partial charge on any atom is 0.389 e. The average molecular weight is 784 g/mol. The molecule has 2 aromatic heterocycles. The highest BCUT2D eigenvalue weighted by Gasteiger charge is 2.71. The van der Waals surface area contributed by atoms with E-state index in [1.807, 2.05) is 0 Å². The first-order valence-electron chi connectivity index (χ1n) is 18.0. The van der Waals surface area contributed by atoms with Gasteiger partial charge in [-0.05, 0) is 56.1 Å². The number of amides is 1. The summed E-state index contributed by atoms with van der Waals surface area (Å²) in [7, 11) is 4.91. The maximum atomic E-state index is 17.6. The van der Waals surface area contributed by atoms with Gasteiger partial charge in [-0.15, -0.1) is 6.42 Å². The molecule has 4 heterocycles. The molecule has 56 heavy (non-hydrogen) atoms. The third kappa shape index (κ3) is 6.27. The first-order valence-corrected chi connectivity index (χ1v) is 18.0. The summed E-state index contributed by atoms with van der Waals surface area (Å²) < 4.78 is 109. The molecular formula is C39H36F7N7O3. The highest BCUT2D eigenvalue weighted by atomic mass is 19.4. The summed E-state index contributed by atoms with van der Waals surface area (Å²) in [4.78, 5) is 27.1. The van der Waals surface area contributed by atoms with Gasteiger partial charge in [0.15, 0.2) is 5.82 Å². The van der Waals surface area contributed by atoms with Crippen molar-refractivity contribution in [3.63, 3.8) is 0 Å². The molecule has 1 aliphatic carbocycles. The number of phenols is 1. The second-order valence-corrected chi connectivity index (χ2v) is 15.4. The van der Waals surface area contributed by atoms with Crippen LogP contribution in [0.15, 0.2) is 30.5 Å². The van der Waals surface area contributed by atoms with Crippen molar-refractivity contribution in [2.45, 2.75) is 56.3 Å². The van der Waals surface area contributed by atoms with Crippen molar-refractivity contribution < 1.29 is 45.4 Å². The van der Waals surface area contributed by atoms with E-state index in [0.29, 0.717) is 23.6 Å². The minimum atomic E-state index is -4.50. The molecule has 2 saturated heterocycles. The molecule has 3 atom stereocenters. The second kappa shape index (κ2) is 13.1. The SMILES string of the molecule is C#Cc1c(F)ccc2cc(O)cc(-c3c(F)c4nc(OC[C@]5(CN(C)C)CC5(F)F)nc(N5C[C@H]6CC[C@@H](C5)N6C(=O)CCC(F)(F)F)c4c4cn(C)nc34)c12. The molecule has 0 radical (unpaired) electrons. The number of rotatable bonds is 9. The maximum absolute atomic E-state index is 17.6. The lowest BCUT2D eigenvalue weighted by Gasteiger charge is -2.42. The predicted molar refractivity (Wildman–Crippen MR) is 193 cm³/mol. The van der Waals surface area contributed by atoms with Crippen LogP contribution in [-0.4, -0.2) is 105 Å². The van der Waals surface area contributed by atoms with E-state index >= 15 is 8.78 Å². The number of ether oxygens (including phenoxy) is 1. The van der Waals surface area contributed by atoms with Gasteiger partial charge in [0, 0.05) is 74.1 Å². The third-order valence-corrected chi connectivity index (χ3v) is 11.1. The van der Waals surface area contributed by atoms with Crippen LogP contribution in [0.1, 0.15) is 37.7 Å². The van der Waals surface area contributed by atoms with E-state index in [2.05, 4.69) is 21.0 Å². The van der Waals surface area contributed by atoms with Gasteiger partial charge in [-0.1, -0.05) is 12.0 Å². The number of phenolic OH excluding ortho intramolecular Hbond substituents is 1. The second-order valence-electron chi connectivity index (χ2n) is 15.4. The van der Waals surface area contributed by atoms with Crippen LogP contribution in [0.2, 0.25) is 0 Å². The van der Waals surface area contributed by atoms with Crippen molar-refractivity contribution in [1.82, 2.24) is 29.5 Å². The van der Waals surface area contributed by atoms with Crippen LogP contribution < -0.4 is 9.64 Å². The van der Waals surface area contributed by atoms with E-state index in [9.17, 15) is 31.9 Å². The van der Waals surface area contributed by atoms with Crippen molar-refractivity contribution in [2.75, 3.05) is 45.2 Å². The minimum Gasteiger partial charge on any atom is -0.508 e. The number of carbonyl (C=O) groups is 1. The number of alkyl halides is 5. The van der Waals surface area contributed by atoms with Crippen LogP contribution >= 0.6 is 0 Å². The lowest BCUT2D eigenvalue weighted by Crippen LogP contribution is -2.56. The number of aromatic nitrogens is 4. The molecule has 294 valence electrons. The number of piperazine rings is 1. The summed E-state index contributed by atoms with van der Waals surface area (Å²) >= 11 is 0. The monoisotopic (exact) mass is 783 g/mol. The van der Waals surface area contributed by atoms with E-state index < -0.39 is 79.0 Å². The molecule has 2 bridgehead atoms. The molecule has 1 saturated carbocycles. The summed E-state index contributed by atoms with van der Waals surface area (Å²) in [6.07, 6.45) is 1.48. The average Bonchev–Trinajstić information content (AvgIpc) is 3.31. The molecule has 2 aliphatic heterocycles. The van der Waals surface area contributed by atoms with Crippen molar-refractivity contribution in [2.24, 2.45) is 12.5 Å². The molecule has 0 unspecified atom stereocenters. The number of anilines is 1. The van der Waals surface area contributed by atoms with Gasteiger partial charge in [0.1, 0.15) is 35.0 Å². The molecule has 17 heteroatoms. The van der Waals surface area contributed by atoms with Crippen LogP contribution in [-0.2, 0) is 11.8 Å². The Morgan fingerprint density at radius 3 is 2.41 bits per heavy atom. The summed E-state index contributed by atoms with van der Waals surface area (Å²) in [5.41, 5.74) is -2.10. The number of hydrogen-bond donors (Lipinski definition) is 1. The number of nitrogens with zero attached hydrogens (tertiary/aromatic N) is 7. The Bertz CT molecular complexity index is 2470. The molecule has 1 amide bonds. The Morgan fingerprint density at radius 1 is 1.09 bits per heavy atom. The highest BCUT2D eigenvalue weighted by Crippen LogP contribution is 2.60. The molecule has 3 fully saturated rings. The smallest absolute Gasteiger partial charge is 0.389 e. The zero-order chi connectivity index (χ0) is 40.1. The van der Waals surface area contributed by atoms with E-state index in [1.165, 1.54) is 27.8 Å². The van der Waals surface area contributed by atoms with Gasteiger partial charge in [0.25, 0.3) is 5.92 Å². The van der Waals surface area contributed by atoms with Crippen LogP contribution in [0.25, 0.3) is 43.7 Å². The van der Waals surface area contributed by atoms with Crippen LogP contribution in [0.3, 0.4) is 0 Å². The Hall–Kier alpha value is -5.37. The number of terminal acetylenes is 1. The Labute approximate surface area is 315 Å². The molecule has 0 spiro atoms. The molecular weight excluding hydrogens is 747 g/mol. The molecule has 10 nitrogen and oxygen atoms in total. The van der Waals surface area contributed by atoms with Crippen molar-refractivity contribution >= 4 is 44.3 Å². The number of fused-ring (bicyclic) bond motifs is 6. The topological polar surface area (TPSA) is 99.9 Å². The number of hydrogen-bond acceptors (Lipinski definition) is 8. The fourth-order valence-corrected chi connectivity index (χ4v) is 8.64. The third-order valence-electron chi connectivity index (χ3n) is 11.1. The Kier molecular flexibility index (Phi) is 8.79. The normalized spacial score (nSPS) is 21.8. The predicted octanol–water partition coefficient (Wildman–Crippen LogP) is 6.79. The van der Waals surface area contributed by atoms with E-state index in [0.717, 1.165) is 6.07 Å². The van der Waals surface area contributed by atoms with Crippen LogP contribution in [0.5, 0.6) is 11.8 Å². The number of aryl methyl sites for hydroxylation is 1. The number of benzene rings is 3. The number of carbonyl (C=O) groups excluding carboxylic acids is 1. The summed E-state index contributed by atoms with van der Waals surface area (Å²) in [6.45, 7) is -0.270. The fourth-order valence-electron chi connectivity index (χ4n) is 8.64. The van der Waals surface area contributed by atoms with Crippen molar-refractivity contribution in [1.29, 1.82) is 0 Å². The zero-order valence-corrected chi connectivity index (χ0v) is 30.5. The fraction of sp³-hybridized carbons (Fsp3) is 0.436. The summed E-state index contributed by atoms with van der Waals surface area (Å²) in [5.74, 6) is -3.17. The Morgan fingerprint density at radius 2 is 1.79 bits per heavy atom. The summed E-state index contributed by atoms with van der Waals surface area (Å²) in [6, 6.07) is 3.76. The van der Waals surface area contributed by atoms with Crippen molar-refractivity contribution in [3.05, 3.63) is 47.7 Å². The largest absolute Gasteiger partial charge is 0.508 e. The van der Waals surface area contributed by atoms with E-state index in [4.69, 9.17) is 11.2 Å². The first-order chi connectivity index (χ1) is 26.4. The lowest BCUT2D eigenvalue weighted by molar-refractivity contribution is -0.151. The molecule has 5 aromatic rings. The van der Waals surface area contributed by atoms with Gasteiger partial charge >= 0.3 is 12.2 Å². The number of aromatic hydroxyl groups is 1. The van der Waals surface area contributed by atoms with Gasteiger partial charge in [-0.25, -0.2) is 17.6 Å². The summed E-state index contributed by atoms with van der Waals surface area (Å²) in [5, 5.41) is 16.3. The van der Waals surface area contributed by atoms with Gasteiger partial charge in [-0.2, -0.15) is 28.2 Å². The van der Waals surface area contributed by atoms with E-state index in [1.54, 1.807) is 37.1 Å². The first kappa shape index (κ1) is 37.5. The van der Waals surface area contributed by atoms with Gasteiger partial charge in [-0.3, -0.25) is 9.48 Å². The van der Waals surface area contributed by atoms with E-state index in [-0.39, 0.29) is 69.7 Å². The standard InChI is InChI=1S/C39H36F7N7O3/c1-5-24-27(40)9-6-20-12-23(54)13-25(29(20)24)30-32(41)34-31(26-16-51(4)49-33(26)30)35(48-36(47-34)56-19-37(18-50(2)3)17-38(37,42)43)52-14-21-7-8-22(15-52)53(21)28(55)10-11-39(44,45)46/h1,6,9,12-13,16,21-22,54H,7-8,10-11,14-15,17-19H2,2-4H3/t21-,22+,37-/m1/s1.